The zero-order valence-corrected chi connectivity index (χ0v) is 16.2. The van der Waals surface area contributed by atoms with Crippen molar-refractivity contribution in [3.63, 3.8) is 0 Å². The highest BCUT2D eigenvalue weighted by Crippen LogP contribution is 2.48. The first kappa shape index (κ1) is 17.7. The second-order valence-electron chi connectivity index (χ2n) is 8.75. The van der Waals surface area contributed by atoms with Crippen molar-refractivity contribution in [2.45, 2.75) is 37.4 Å². The number of ether oxygens (including phenoxy) is 2. The highest BCUT2D eigenvalue weighted by Gasteiger charge is 2.53. The van der Waals surface area contributed by atoms with E-state index in [4.69, 9.17) is 9.47 Å². The number of nitrogens with zero attached hydrogens (tertiary/aromatic N) is 2. The lowest BCUT2D eigenvalue weighted by Gasteiger charge is -2.51. The van der Waals surface area contributed by atoms with Crippen molar-refractivity contribution in [2.24, 2.45) is 5.92 Å². The summed E-state index contributed by atoms with van der Waals surface area (Å²) in [6.45, 7) is 4.18. The number of likely N-dealkylation sites (tertiary alicyclic amines) is 1. The minimum absolute atomic E-state index is 0.284. The van der Waals surface area contributed by atoms with Crippen LogP contribution in [0, 0.1) is 17.6 Å². The molecule has 2 aromatic carbocycles. The van der Waals surface area contributed by atoms with Gasteiger partial charge in [0.05, 0.1) is 0 Å². The maximum atomic E-state index is 13.8. The van der Waals surface area contributed by atoms with Gasteiger partial charge in [-0.2, -0.15) is 0 Å². The second kappa shape index (κ2) is 6.67. The molecule has 0 N–H and O–H groups in total. The van der Waals surface area contributed by atoms with E-state index in [0.29, 0.717) is 30.5 Å². The highest BCUT2D eigenvalue weighted by molar-refractivity contribution is 5.46. The summed E-state index contributed by atoms with van der Waals surface area (Å²) in [7, 11) is 0. The van der Waals surface area contributed by atoms with Crippen LogP contribution in [0.5, 0.6) is 11.5 Å². The number of halogens is 2. The third-order valence-corrected chi connectivity index (χ3v) is 7.29. The van der Waals surface area contributed by atoms with Crippen LogP contribution in [0.1, 0.15) is 29.9 Å². The first-order valence-electron chi connectivity index (χ1n) is 10.5. The fraction of sp³-hybridized carbons (Fsp3) is 0.478. The number of piperidine rings is 3. The molecule has 0 unspecified atom stereocenters. The molecule has 0 radical (unpaired) electrons. The van der Waals surface area contributed by atoms with Crippen molar-refractivity contribution in [3.05, 3.63) is 59.2 Å². The Morgan fingerprint density at radius 2 is 1.72 bits per heavy atom. The van der Waals surface area contributed by atoms with Gasteiger partial charge < -0.3 is 9.47 Å². The van der Waals surface area contributed by atoms with Crippen LogP contribution in [-0.2, 0) is 6.54 Å². The molecule has 2 aromatic rings. The summed E-state index contributed by atoms with van der Waals surface area (Å²) < 4.78 is 38.3. The van der Waals surface area contributed by atoms with E-state index in [1.54, 1.807) is 6.07 Å². The molecule has 7 rings (SSSR count). The summed E-state index contributed by atoms with van der Waals surface area (Å²) in [6, 6.07) is 11.5. The van der Waals surface area contributed by atoms with Crippen LogP contribution >= 0.6 is 0 Å². The predicted molar refractivity (Wildman–Crippen MR) is 104 cm³/mol. The number of fused-ring (bicyclic) bond motifs is 3. The van der Waals surface area contributed by atoms with E-state index in [9.17, 15) is 8.78 Å². The van der Waals surface area contributed by atoms with Gasteiger partial charge in [0.2, 0.25) is 6.79 Å². The van der Waals surface area contributed by atoms with Gasteiger partial charge >= 0.3 is 0 Å². The molecule has 29 heavy (non-hydrogen) atoms. The minimum Gasteiger partial charge on any atom is -0.454 e. The van der Waals surface area contributed by atoms with Gasteiger partial charge in [0.15, 0.2) is 23.1 Å². The lowest BCUT2D eigenvalue weighted by Crippen LogP contribution is -2.59. The quantitative estimate of drug-likeness (QED) is 0.786. The van der Waals surface area contributed by atoms with Crippen molar-refractivity contribution in [2.75, 3.05) is 26.4 Å². The molecule has 6 heteroatoms. The second-order valence-corrected chi connectivity index (χ2v) is 8.75. The molecular formula is C23H24F2N2O2. The Bertz CT molecular complexity index is 944. The van der Waals surface area contributed by atoms with Crippen molar-refractivity contribution >= 4 is 0 Å². The molecule has 0 aromatic heterocycles. The zero-order valence-electron chi connectivity index (χ0n) is 16.2. The minimum atomic E-state index is -0.783. The predicted octanol–water partition coefficient (Wildman–Crippen LogP) is 3.76. The number of rotatable bonds is 3. The maximum Gasteiger partial charge on any atom is 0.231 e. The normalized spacial score (nSPS) is 32.6. The smallest absolute Gasteiger partial charge is 0.231 e. The highest BCUT2D eigenvalue weighted by atomic mass is 19.2. The first-order valence-corrected chi connectivity index (χ1v) is 10.5. The van der Waals surface area contributed by atoms with E-state index >= 15 is 0 Å². The topological polar surface area (TPSA) is 24.9 Å². The van der Waals surface area contributed by atoms with Gasteiger partial charge in [-0.05, 0) is 67.2 Å². The molecule has 0 spiro atoms. The molecule has 4 fully saturated rings. The largest absolute Gasteiger partial charge is 0.454 e. The Morgan fingerprint density at radius 1 is 0.897 bits per heavy atom. The van der Waals surface area contributed by atoms with E-state index < -0.39 is 11.6 Å². The summed E-state index contributed by atoms with van der Waals surface area (Å²) in [5.41, 5.74) is 2.12. The Labute approximate surface area is 169 Å². The summed E-state index contributed by atoms with van der Waals surface area (Å²) in [5.74, 6) is 1.15. The van der Waals surface area contributed by atoms with Crippen LogP contribution in [0.15, 0.2) is 36.4 Å². The molecule has 0 saturated carbocycles. The lowest BCUT2D eigenvalue weighted by molar-refractivity contribution is -0.00872. The first-order chi connectivity index (χ1) is 14.2. The van der Waals surface area contributed by atoms with Gasteiger partial charge in [-0.1, -0.05) is 12.1 Å². The summed E-state index contributed by atoms with van der Waals surface area (Å²) in [4.78, 5) is 5.15. The monoisotopic (exact) mass is 398 g/mol. The molecule has 3 atom stereocenters. The van der Waals surface area contributed by atoms with Crippen LogP contribution in [-0.4, -0.2) is 48.3 Å². The fourth-order valence-electron chi connectivity index (χ4n) is 6.03. The molecule has 0 amide bonds. The van der Waals surface area contributed by atoms with Crippen molar-refractivity contribution in [1.82, 2.24) is 9.80 Å². The molecule has 2 bridgehead atoms. The zero-order chi connectivity index (χ0) is 19.5. The van der Waals surface area contributed by atoms with Crippen LogP contribution in [0.25, 0.3) is 0 Å². The van der Waals surface area contributed by atoms with Crippen molar-refractivity contribution < 1.29 is 18.3 Å². The van der Waals surface area contributed by atoms with Crippen LogP contribution < -0.4 is 9.47 Å². The SMILES string of the molecule is Fc1ccc(CN2C[C@H](c3ccc4c(c3)OCO4)[C@H]3[C@@H]2C2CCN3CC2)cc1F. The van der Waals surface area contributed by atoms with Crippen molar-refractivity contribution in [3.8, 4) is 11.5 Å². The van der Waals surface area contributed by atoms with Crippen LogP contribution in [0.2, 0.25) is 0 Å². The Balaban J connectivity index is 1.33. The standard InChI is InChI=1S/C23H24F2N2O2/c24-18-3-1-14(9-19(18)25)11-27-12-17(16-2-4-20-21(10-16)29-13-28-20)23-22(27)15-5-7-26(23)8-6-15/h1-4,9-10,15,17,22-23H,5-8,11-13H2/t17-,22+,23+/m1/s1. The molecule has 4 nitrogen and oxygen atoms in total. The maximum absolute atomic E-state index is 13.8. The third kappa shape index (κ3) is 2.84. The molecule has 152 valence electrons. The van der Waals surface area contributed by atoms with E-state index in [-0.39, 0.29) is 6.79 Å². The van der Waals surface area contributed by atoms with Gasteiger partial charge in [0.25, 0.3) is 0 Å². The van der Waals surface area contributed by atoms with Crippen LogP contribution in [0.4, 0.5) is 8.78 Å². The Kier molecular flexibility index (Phi) is 4.06. The molecule has 0 aliphatic carbocycles. The molecule has 4 saturated heterocycles. The summed E-state index contributed by atoms with van der Waals surface area (Å²) in [6.07, 6.45) is 2.45. The van der Waals surface area contributed by atoms with E-state index in [0.717, 1.165) is 36.7 Å². The van der Waals surface area contributed by atoms with Crippen LogP contribution in [0.3, 0.4) is 0 Å². The third-order valence-electron chi connectivity index (χ3n) is 7.29. The number of hydrogen-bond donors (Lipinski definition) is 0. The summed E-state index contributed by atoms with van der Waals surface area (Å²) in [5, 5.41) is 0. The Morgan fingerprint density at radius 3 is 2.55 bits per heavy atom. The average Bonchev–Trinajstić information content (AvgIpc) is 3.37. The van der Waals surface area contributed by atoms with E-state index in [1.165, 1.54) is 30.5 Å². The molecule has 5 aliphatic heterocycles. The Hall–Kier alpha value is -2.18. The number of hydrogen-bond acceptors (Lipinski definition) is 4. The van der Waals surface area contributed by atoms with E-state index in [2.05, 4.69) is 21.9 Å². The van der Waals surface area contributed by atoms with E-state index in [1.807, 2.05) is 6.07 Å². The van der Waals surface area contributed by atoms with Gasteiger partial charge in [-0.25, -0.2) is 8.78 Å². The fourth-order valence-corrected chi connectivity index (χ4v) is 6.03. The molecule has 5 aliphatic rings. The van der Waals surface area contributed by atoms with Gasteiger partial charge in [0.1, 0.15) is 0 Å². The summed E-state index contributed by atoms with van der Waals surface area (Å²) >= 11 is 0. The van der Waals surface area contributed by atoms with Gasteiger partial charge in [0, 0.05) is 31.1 Å². The molecular weight excluding hydrogens is 374 g/mol. The lowest BCUT2D eigenvalue weighted by atomic mass is 9.75. The average molecular weight is 398 g/mol. The van der Waals surface area contributed by atoms with Crippen molar-refractivity contribution in [1.29, 1.82) is 0 Å². The van der Waals surface area contributed by atoms with Gasteiger partial charge in [-0.3, -0.25) is 9.80 Å². The molecule has 5 heterocycles. The number of benzene rings is 2. The van der Waals surface area contributed by atoms with Gasteiger partial charge in [-0.15, -0.1) is 0 Å².